The minimum Gasteiger partial charge on any atom is -0.457 e. The Balaban J connectivity index is 1.67. The molecule has 3 aromatic rings. The van der Waals surface area contributed by atoms with Crippen LogP contribution < -0.4 is 10.1 Å². The smallest absolute Gasteiger partial charge is 0.256 e. The Morgan fingerprint density at radius 1 is 0.875 bits per heavy atom. The van der Waals surface area contributed by atoms with Gasteiger partial charge in [0.1, 0.15) is 11.5 Å². The third-order valence-electron chi connectivity index (χ3n) is 3.28. The van der Waals surface area contributed by atoms with Gasteiger partial charge in [0.05, 0.1) is 5.56 Å². The van der Waals surface area contributed by atoms with Gasteiger partial charge in [-0.05, 0) is 83.3 Å². The Labute approximate surface area is 158 Å². The quantitative estimate of drug-likeness (QED) is 0.497. The molecule has 0 saturated heterocycles. The molecule has 0 radical (unpaired) electrons. The first kappa shape index (κ1) is 16.8. The first-order valence-corrected chi connectivity index (χ1v) is 8.67. The second-order valence-corrected chi connectivity index (χ2v) is 6.61. The number of amides is 1. The van der Waals surface area contributed by atoms with Crippen LogP contribution in [0.15, 0.2) is 72.8 Å². The number of ether oxygens (including phenoxy) is 1. The zero-order chi connectivity index (χ0) is 16.9. The van der Waals surface area contributed by atoms with Crippen molar-refractivity contribution in [3.8, 4) is 11.5 Å². The molecule has 0 unspecified atom stereocenters. The van der Waals surface area contributed by atoms with E-state index in [9.17, 15) is 4.79 Å². The maximum absolute atomic E-state index is 12.3. The van der Waals surface area contributed by atoms with E-state index in [1.54, 1.807) is 54.6 Å². The monoisotopic (exact) mass is 449 g/mol. The molecule has 120 valence electrons. The third-order valence-corrected chi connectivity index (χ3v) is 4.47. The molecule has 0 aliphatic heterocycles. The number of rotatable bonds is 4. The standard InChI is InChI=1S/C19H13ClINO2/c20-13-5-9-15(10-6-13)24-16-11-7-14(8-12-16)22-19(23)17-3-1-2-4-18(17)21/h1-12H,(H,22,23). The Kier molecular flexibility index (Phi) is 5.37. The fraction of sp³-hybridized carbons (Fsp3) is 0. The van der Waals surface area contributed by atoms with Crippen LogP contribution in [0.4, 0.5) is 5.69 Å². The molecular weight excluding hydrogens is 437 g/mol. The highest BCUT2D eigenvalue weighted by atomic mass is 127. The summed E-state index contributed by atoms with van der Waals surface area (Å²) in [6.07, 6.45) is 0. The van der Waals surface area contributed by atoms with E-state index in [2.05, 4.69) is 27.9 Å². The van der Waals surface area contributed by atoms with E-state index in [1.165, 1.54) is 0 Å². The van der Waals surface area contributed by atoms with Crippen molar-refractivity contribution in [2.45, 2.75) is 0 Å². The largest absolute Gasteiger partial charge is 0.457 e. The second kappa shape index (κ2) is 7.68. The lowest BCUT2D eigenvalue weighted by atomic mass is 10.2. The average molecular weight is 450 g/mol. The maximum atomic E-state index is 12.3. The van der Waals surface area contributed by atoms with Crippen LogP contribution in [0.3, 0.4) is 0 Å². The molecule has 0 aromatic heterocycles. The number of halogens is 2. The third kappa shape index (κ3) is 4.27. The summed E-state index contributed by atoms with van der Waals surface area (Å²) in [6.45, 7) is 0. The number of anilines is 1. The molecule has 3 nitrogen and oxygen atoms in total. The van der Waals surface area contributed by atoms with E-state index in [4.69, 9.17) is 16.3 Å². The predicted octanol–water partition coefficient (Wildman–Crippen LogP) is 5.99. The van der Waals surface area contributed by atoms with E-state index >= 15 is 0 Å². The number of benzene rings is 3. The lowest BCUT2D eigenvalue weighted by Crippen LogP contribution is -2.13. The fourth-order valence-electron chi connectivity index (χ4n) is 2.09. The van der Waals surface area contributed by atoms with Crippen LogP contribution in [0.2, 0.25) is 5.02 Å². The van der Waals surface area contributed by atoms with E-state index in [1.807, 2.05) is 18.2 Å². The molecule has 3 rings (SSSR count). The summed E-state index contributed by atoms with van der Waals surface area (Å²) in [5.74, 6) is 1.26. The molecule has 0 spiro atoms. The van der Waals surface area contributed by atoms with Crippen LogP contribution >= 0.6 is 34.2 Å². The van der Waals surface area contributed by atoms with Crippen molar-refractivity contribution in [3.63, 3.8) is 0 Å². The Morgan fingerprint density at radius 3 is 2.08 bits per heavy atom. The number of nitrogens with one attached hydrogen (secondary N) is 1. The molecule has 0 heterocycles. The van der Waals surface area contributed by atoms with Crippen LogP contribution in [-0.2, 0) is 0 Å². The lowest BCUT2D eigenvalue weighted by molar-refractivity contribution is 0.102. The summed E-state index contributed by atoms with van der Waals surface area (Å²) in [5, 5.41) is 3.54. The molecule has 0 atom stereocenters. The average Bonchev–Trinajstić information content (AvgIpc) is 2.59. The molecular formula is C19H13ClINO2. The van der Waals surface area contributed by atoms with E-state index in [0.29, 0.717) is 27.8 Å². The van der Waals surface area contributed by atoms with Gasteiger partial charge in [-0.15, -0.1) is 0 Å². The van der Waals surface area contributed by atoms with Gasteiger partial charge in [-0.2, -0.15) is 0 Å². The van der Waals surface area contributed by atoms with Crippen molar-refractivity contribution in [1.82, 2.24) is 0 Å². The second-order valence-electron chi connectivity index (χ2n) is 5.01. The topological polar surface area (TPSA) is 38.3 Å². The summed E-state index contributed by atoms with van der Waals surface area (Å²) >= 11 is 8.00. The first-order valence-electron chi connectivity index (χ1n) is 7.21. The SMILES string of the molecule is O=C(Nc1ccc(Oc2ccc(Cl)cc2)cc1)c1ccccc1I. The maximum Gasteiger partial charge on any atom is 0.256 e. The Bertz CT molecular complexity index is 848. The molecule has 24 heavy (non-hydrogen) atoms. The summed E-state index contributed by atoms with van der Waals surface area (Å²) in [7, 11) is 0. The number of hydrogen-bond donors (Lipinski definition) is 1. The van der Waals surface area contributed by atoms with Crippen LogP contribution in [0.1, 0.15) is 10.4 Å². The Hall–Kier alpha value is -2.05. The zero-order valence-electron chi connectivity index (χ0n) is 12.5. The summed E-state index contributed by atoms with van der Waals surface area (Å²) < 4.78 is 6.64. The number of carbonyl (C=O) groups is 1. The van der Waals surface area contributed by atoms with Gasteiger partial charge in [0.25, 0.3) is 5.91 Å². The van der Waals surface area contributed by atoms with Crippen molar-refractivity contribution in [1.29, 1.82) is 0 Å². The molecule has 5 heteroatoms. The van der Waals surface area contributed by atoms with Crippen molar-refractivity contribution in [2.75, 3.05) is 5.32 Å². The normalized spacial score (nSPS) is 10.2. The van der Waals surface area contributed by atoms with Crippen LogP contribution in [0, 0.1) is 3.57 Å². The first-order chi connectivity index (χ1) is 11.6. The van der Waals surface area contributed by atoms with Crippen molar-refractivity contribution >= 4 is 45.8 Å². The van der Waals surface area contributed by atoms with E-state index in [-0.39, 0.29) is 5.91 Å². The van der Waals surface area contributed by atoms with Gasteiger partial charge >= 0.3 is 0 Å². The molecule has 0 aliphatic rings. The fourth-order valence-corrected chi connectivity index (χ4v) is 2.85. The van der Waals surface area contributed by atoms with Gasteiger partial charge in [0.15, 0.2) is 0 Å². The van der Waals surface area contributed by atoms with E-state index < -0.39 is 0 Å². The zero-order valence-corrected chi connectivity index (χ0v) is 15.4. The number of hydrogen-bond acceptors (Lipinski definition) is 2. The summed E-state index contributed by atoms with van der Waals surface area (Å²) in [6, 6.07) is 21.8. The molecule has 0 bridgehead atoms. The van der Waals surface area contributed by atoms with Crippen molar-refractivity contribution in [2.24, 2.45) is 0 Å². The highest BCUT2D eigenvalue weighted by molar-refractivity contribution is 14.1. The summed E-state index contributed by atoms with van der Waals surface area (Å²) in [5.41, 5.74) is 1.36. The number of carbonyl (C=O) groups excluding carboxylic acids is 1. The van der Waals surface area contributed by atoms with Gasteiger partial charge in [-0.1, -0.05) is 23.7 Å². The van der Waals surface area contributed by atoms with Gasteiger partial charge in [0, 0.05) is 14.3 Å². The van der Waals surface area contributed by atoms with E-state index in [0.717, 1.165) is 3.57 Å². The summed E-state index contributed by atoms with van der Waals surface area (Å²) in [4.78, 5) is 12.3. The van der Waals surface area contributed by atoms with Crippen LogP contribution in [0.25, 0.3) is 0 Å². The van der Waals surface area contributed by atoms with Gasteiger partial charge in [-0.25, -0.2) is 0 Å². The molecule has 0 fully saturated rings. The van der Waals surface area contributed by atoms with Gasteiger partial charge < -0.3 is 10.1 Å². The highest BCUT2D eigenvalue weighted by Crippen LogP contribution is 2.24. The Morgan fingerprint density at radius 2 is 1.46 bits per heavy atom. The molecule has 1 N–H and O–H groups in total. The van der Waals surface area contributed by atoms with Crippen LogP contribution in [-0.4, -0.2) is 5.91 Å². The minimum absolute atomic E-state index is 0.133. The van der Waals surface area contributed by atoms with Crippen LogP contribution in [0.5, 0.6) is 11.5 Å². The predicted molar refractivity (Wildman–Crippen MR) is 105 cm³/mol. The molecule has 1 amide bonds. The van der Waals surface area contributed by atoms with Crippen molar-refractivity contribution < 1.29 is 9.53 Å². The molecule has 0 aliphatic carbocycles. The van der Waals surface area contributed by atoms with Gasteiger partial charge in [-0.3, -0.25) is 4.79 Å². The minimum atomic E-state index is -0.133. The van der Waals surface area contributed by atoms with Gasteiger partial charge in [0.2, 0.25) is 0 Å². The lowest BCUT2D eigenvalue weighted by Gasteiger charge is -2.09. The highest BCUT2D eigenvalue weighted by Gasteiger charge is 2.09. The molecule has 3 aromatic carbocycles. The van der Waals surface area contributed by atoms with Crippen molar-refractivity contribution in [3.05, 3.63) is 87.0 Å². The molecule has 0 saturated carbocycles.